The molecular weight excluding hydrogens is 345 g/mol. The van der Waals surface area contributed by atoms with Crippen LogP contribution in [0.4, 0.5) is 13.2 Å². The van der Waals surface area contributed by atoms with Crippen molar-refractivity contribution in [1.82, 2.24) is 9.88 Å². The van der Waals surface area contributed by atoms with Gasteiger partial charge in [0.2, 0.25) is 0 Å². The standard InChI is InChI=1S/C19H23F3N2O2/c1-11(2)24-12(3)9-15(13(24)4)18(26)23-10-17(25)14-7-5-6-8-16(14)19(20,21)22/h5-9,11,17,25H,10H2,1-4H3,(H,23,26)/t17-/m0/s1. The largest absolute Gasteiger partial charge is 0.416 e. The molecule has 142 valence electrons. The molecule has 0 fully saturated rings. The Balaban J connectivity index is 2.15. The number of alkyl halides is 3. The van der Waals surface area contributed by atoms with Gasteiger partial charge >= 0.3 is 6.18 Å². The first-order chi connectivity index (χ1) is 12.0. The molecule has 0 aliphatic carbocycles. The number of halogens is 3. The number of aromatic nitrogens is 1. The molecule has 0 bridgehead atoms. The lowest BCUT2D eigenvalue weighted by molar-refractivity contribution is -0.139. The topological polar surface area (TPSA) is 54.3 Å². The predicted molar refractivity (Wildman–Crippen MR) is 93.0 cm³/mol. The minimum Gasteiger partial charge on any atom is -0.387 e. The summed E-state index contributed by atoms with van der Waals surface area (Å²) in [6.45, 7) is 7.39. The number of nitrogens with one attached hydrogen (secondary N) is 1. The summed E-state index contributed by atoms with van der Waals surface area (Å²) < 4.78 is 41.1. The van der Waals surface area contributed by atoms with Crippen molar-refractivity contribution in [2.45, 2.75) is 46.0 Å². The molecule has 1 aromatic carbocycles. The monoisotopic (exact) mass is 368 g/mol. The molecule has 2 rings (SSSR count). The van der Waals surface area contributed by atoms with E-state index in [1.807, 2.05) is 32.3 Å². The molecule has 0 aliphatic rings. The third-order valence-corrected chi connectivity index (χ3v) is 4.33. The van der Waals surface area contributed by atoms with E-state index in [2.05, 4.69) is 5.32 Å². The number of aryl methyl sites for hydroxylation is 1. The van der Waals surface area contributed by atoms with Crippen LogP contribution in [0.15, 0.2) is 30.3 Å². The second-order valence-corrected chi connectivity index (χ2v) is 6.56. The van der Waals surface area contributed by atoms with E-state index in [-0.39, 0.29) is 18.2 Å². The molecule has 1 heterocycles. The number of benzene rings is 1. The summed E-state index contributed by atoms with van der Waals surface area (Å²) in [5.74, 6) is -0.423. The normalized spacial score (nSPS) is 13.1. The fourth-order valence-electron chi connectivity index (χ4n) is 3.24. The number of rotatable bonds is 5. The number of hydrogen-bond acceptors (Lipinski definition) is 2. The molecule has 0 aliphatic heterocycles. The van der Waals surface area contributed by atoms with Crippen molar-refractivity contribution in [2.24, 2.45) is 0 Å². The Labute approximate surface area is 150 Å². The van der Waals surface area contributed by atoms with Gasteiger partial charge in [0.15, 0.2) is 0 Å². The smallest absolute Gasteiger partial charge is 0.387 e. The van der Waals surface area contributed by atoms with Gasteiger partial charge in [0.25, 0.3) is 5.91 Å². The first kappa shape index (κ1) is 20.0. The highest BCUT2D eigenvalue weighted by atomic mass is 19.4. The van der Waals surface area contributed by atoms with Gasteiger partial charge in [0.05, 0.1) is 17.2 Å². The predicted octanol–water partition coefficient (Wildman–Crippen LogP) is 4.17. The van der Waals surface area contributed by atoms with Crippen LogP contribution in [0.2, 0.25) is 0 Å². The summed E-state index contributed by atoms with van der Waals surface area (Å²) in [5, 5.41) is 12.7. The fraction of sp³-hybridized carbons (Fsp3) is 0.421. The maximum Gasteiger partial charge on any atom is 0.416 e. The molecule has 0 spiro atoms. The average molecular weight is 368 g/mol. The van der Waals surface area contributed by atoms with Gasteiger partial charge in [-0.25, -0.2) is 0 Å². The molecule has 0 unspecified atom stereocenters. The van der Waals surface area contributed by atoms with Crippen molar-refractivity contribution >= 4 is 5.91 Å². The van der Waals surface area contributed by atoms with Gasteiger partial charge < -0.3 is 15.0 Å². The van der Waals surface area contributed by atoms with E-state index >= 15 is 0 Å². The van der Waals surface area contributed by atoms with Gasteiger partial charge in [-0.3, -0.25) is 4.79 Å². The van der Waals surface area contributed by atoms with Crippen molar-refractivity contribution in [3.05, 3.63) is 58.4 Å². The Bertz CT molecular complexity index is 795. The molecule has 26 heavy (non-hydrogen) atoms. The zero-order valence-electron chi connectivity index (χ0n) is 15.2. The molecule has 2 N–H and O–H groups in total. The second-order valence-electron chi connectivity index (χ2n) is 6.56. The SMILES string of the molecule is Cc1cc(C(=O)NC[C@H](O)c2ccccc2C(F)(F)F)c(C)n1C(C)C. The summed E-state index contributed by atoms with van der Waals surface area (Å²) in [6, 6.07) is 6.73. The van der Waals surface area contributed by atoms with Crippen LogP contribution >= 0.6 is 0 Å². The lowest BCUT2D eigenvalue weighted by Gasteiger charge is -2.18. The maximum atomic E-state index is 13.0. The van der Waals surface area contributed by atoms with Gasteiger partial charge in [-0.05, 0) is 45.4 Å². The summed E-state index contributed by atoms with van der Waals surface area (Å²) in [5.41, 5.74) is 0.992. The van der Waals surface area contributed by atoms with Crippen LogP contribution in [0.25, 0.3) is 0 Å². The zero-order valence-corrected chi connectivity index (χ0v) is 15.2. The van der Waals surface area contributed by atoms with E-state index < -0.39 is 23.8 Å². The summed E-state index contributed by atoms with van der Waals surface area (Å²) in [4.78, 5) is 12.4. The lowest BCUT2D eigenvalue weighted by atomic mass is 10.0. The highest BCUT2D eigenvalue weighted by Crippen LogP contribution is 2.34. The van der Waals surface area contributed by atoms with E-state index in [0.717, 1.165) is 17.5 Å². The van der Waals surface area contributed by atoms with Crippen LogP contribution in [0, 0.1) is 13.8 Å². The van der Waals surface area contributed by atoms with E-state index in [1.54, 1.807) is 6.07 Å². The van der Waals surface area contributed by atoms with Crippen LogP contribution in [-0.2, 0) is 6.18 Å². The lowest BCUT2D eigenvalue weighted by Crippen LogP contribution is -2.29. The molecule has 0 saturated carbocycles. The summed E-state index contributed by atoms with van der Waals surface area (Å²) in [7, 11) is 0. The highest BCUT2D eigenvalue weighted by Gasteiger charge is 2.34. The molecule has 2 aromatic rings. The minimum atomic E-state index is -4.57. The van der Waals surface area contributed by atoms with Crippen LogP contribution in [0.5, 0.6) is 0 Å². The first-order valence-electron chi connectivity index (χ1n) is 8.34. The minimum absolute atomic E-state index is 0.181. The van der Waals surface area contributed by atoms with Crippen molar-refractivity contribution in [3.8, 4) is 0 Å². The molecular formula is C19H23F3N2O2. The van der Waals surface area contributed by atoms with Crippen molar-refractivity contribution < 1.29 is 23.1 Å². The maximum absolute atomic E-state index is 13.0. The zero-order chi connectivity index (χ0) is 19.6. The number of nitrogens with zero attached hydrogens (tertiary/aromatic N) is 1. The van der Waals surface area contributed by atoms with Gasteiger partial charge in [0.1, 0.15) is 0 Å². The Morgan fingerprint density at radius 1 is 1.23 bits per heavy atom. The molecule has 0 saturated heterocycles. The molecule has 1 aromatic heterocycles. The quantitative estimate of drug-likeness (QED) is 0.832. The van der Waals surface area contributed by atoms with Crippen LogP contribution in [0.3, 0.4) is 0 Å². The van der Waals surface area contributed by atoms with Gasteiger partial charge in [-0.2, -0.15) is 13.2 Å². The Morgan fingerprint density at radius 3 is 2.38 bits per heavy atom. The van der Waals surface area contributed by atoms with Crippen molar-refractivity contribution in [1.29, 1.82) is 0 Å². The van der Waals surface area contributed by atoms with Crippen LogP contribution in [0.1, 0.15) is 58.9 Å². The van der Waals surface area contributed by atoms with Gasteiger partial charge in [-0.15, -0.1) is 0 Å². The number of aliphatic hydroxyl groups excluding tert-OH is 1. The van der Waals surface area contributed by atoms with Crippen LogP contribution in [-0.4, -0.2) is 22.1 Å². The third-order valence-electron chi connectivity index (χ3n) is 4.33. The third kappa shape index (κ3) is 4.09. The average Bonchev–Trinajstić information content (AvgIpc) is 2.86. The number of carbonyl (C=O) groups excluding carboxylic acids is 1. The van der Waals surface area contributed by atoms with E-state index in [0.29, 0.717) is 5.56 Å². The number of carbonyl (C=O) groups is 1. The fourth-order valence-corrected chi connectivity index (χ4v) is 3.24. The Hall–Kier alpha value is -2.28. The molecule has 0 radical (unpaired) electrons. The Morgan fingerprint density at radius 2 is 1.85 bits per heavy atom. The van der Waals surface area contributed by atoms with E-state index in [4.69, 9.17) is 0 Å². The number of hydrogen-bond donors (Lipinski definition) is 2. The van der Waals surface area contributed by atoms with E-state index in [9.17, 15) is 23.1 Å². The molecule has 7 heteroatoms. The van der Waals surface area contributed by atoms with Crippen molar-refractivity contribution in [2.75, 3.05) is 6.54 Å². The molecule has 1 atom stereocenters. The first-order valence-corrected chi connectivity index (χ1v) is 8.34. The number of amides is 1. The second kappa shape index (κ2) is 7.53. The van der Waals surface area contributed by atoms with Gasteiger partial charge in [-0.1, -0.05) is 18.2 Å². The summed E-state index contributed by atoms with van der Waals surface area (Å²) >= 11 is 0. The number of aliphatic hydroxyl groups is 1. The molecule has 1 amide bonds. The van der Waals surface area contributed by atoms with Gasteiger partial charge in [0, 0.05) is 24.0 Å². The highest BCUT2D eigenvalue weighted by molar-refractivity contribution is 5.95. The summed E-state index contributed by atoms with van der Waals surface area (Å²) in [6.07, 6.45) is -6.02. The van der Waals surface area contributed by atoms with E-state index in [1.165, 1.54) is 18.2 Å². The van der Waals surface area contributed by atoms with Crippen LogP contribution < -0.4 is 5.32 Å². The Kier molecular flexibility index (Phi) is 5.81. The van der Waals surface area contributed by atoms with Crippen molar-refractivity contribution in [3.63, 3.8) is 0 Å². The molecule has 4 nitrogen and oxygen atoms in total.